The van der Waals surface area contributed by atoms with Crippen LogP contribution in [0.3, 0.4) is 0 Å². The molecule has 0 bridgehead atoms. The van der Waals surface area contributed by atoms with Crippen LogP contribution in [0, 0.1) is 5.41 Å². The van der Waals surface area contributed by atoms with Crippen LogP contribution in [0.2, 0.25) is 0 Å². The summed E-state index contributed by atoms with van der Waals surface area (Å²) in [5, 5.41) is 28.6. The summed E-state index contributed by atoms with van der Waals surface area (Å²) < 4.78 is 10.3. The highest BCUT2D eigenvalue weighted by Gasteiger charge is 2.50. The van der Waals surface area contributed by atoms with Gasteiger partial charge in [-0.05, 0) is 92.6 Å². The van der Waals surface area contributed by atoms with Crippen LogP contribution >= 0.6 is 23.5 Å². The molecule has 24 nitrogen and oxygen atoms in total. The third kappa shape index (κ3) is 17.6. The molecule has 0 saturated carbocycles. The van der Waals surface area contributed by atoms with Crippen molar-refractivity contribution in [2.75, 3.05) is 77.3 Å². The molecule has 4 fully saturated rings. The topological polar surface area (TPSA) is 283 Å². The number of carbonyl (C=O) groups is 8. The summed E-state index contributed by atoms with van der Waals surface area (Å²) in [6, 6.07) is 16.3. The fraction of sp³-hybridized carbons (Fsp3) is 0.500. The molecule has 6 amide bonds. The van der Waals surface area contributed by atoms with Crippen molar-refractivity contribution in [3.63, 3.8) is 0 Å². The number of carboxylic acid groups (broad SMARTS) is 2. The van der Waals surface area contributed by atoms with E-state index in [1.165, 1.54) is 45.9 Å². The highest BCUT2D eigenvalue weighted by atomic mass is 32.2. The van der Waals surface area contributed by atoms with E-state index in [0.29, 0.717) is 67.0 Å². The van der Waals surface area contributed by atoms with Crippen molar-refractivity contribution in [1.82, 2.24) is 50.3 Å². The van der Waals surface area contributed by atoms with Gasteiger partial charge in [-0.2, -0.15) is 0 Å². The second-order valence-electron chi connectivity index (χ2n) is 23.5. The zero-order chi connectivity index (χ0) is 61.8. The van der Waals surface area contributed by atoms with Crippen molar-refractivity contribution in [2.45, 2.75) is 107 Å². The Balaban J connectivity index is 0.690. The molecule has 0 radical (unpaired) electrons. The number of nitrogens with zero attached hydrogens (tertiary/aromatic N) is 8. The molecule has 0 unspecified atom stereocenters. The van der Waals surface area contributed by atoms with Crippen molar-refractivity contribution in [3.05, 3.63) is 114 Å². The van der Waals surface area contributed by atoms with Crippen LogP contribution in [-0.4, -0.2) is 208 Å². The molecular weight excluding hydrogens is 1150 g/mol. The van der Waals surface area contributed by atoms with Crippen LogP contribution in [0.15, 0.2) is 97.6 Å². The second kappa shape index (κ2) is 28.8. The maximum atomic E-state index is 13.6. The largest absolute Gasteiger partial charge is 0.480 e. The summed E-state index contributed by atoms with van der Waals surface area (Å²) in [7, 11) is 0. The van der Waals surface area contributed by atoms with E-state index in [4.69, 9.17) is 19.1 Å². The number of hydrogen-bond donors (Lipinski definition) is 4. The molecule has 4 saturated heterocycles. The summed E-state index contributed by atoms with van der Waals surface area (Å²) in [6.45, 7) is 14.2. The molecule has 4 aliphatic rings. The molecule has 6 heterocycles. The lowest BCUT2D eigenvalue weighted by Gasteiger charge is -2.35. The van der Waals surface area contributed by atoms with Crippen LogP contribution in [-0.2, 0) is 57.6 Å². The average molecular weight is 1230 g/mol. The van der Waals surface area contributed by atoms with Crippen molar-refractivity contribution in [3.8, 4) is 17.2 Å². The number of aromatic nitrogens is 2. The van der Waals surface area contributed by atoms with Gasteiger partial charge in [0, 0.05) is 93.5 Å². The maximum absolute atomic E-state index is 13.6. The van der Waals surface area contributed by atoms with Crippen molar-refractivity contribution in [2.24, 2.45) is 5.41 Å². The van der Waals surface area contributed by atoms with Gasteiger partial charge in [-0.3, -0.25) is 33.9 Å². The van der Waals surface area contributed by atoms with Gasteiger partial charge >= 0.3 is 18.0 Å². The van der Waals surface area contributed by atoms with Crippen molar-refractivity contribution in [1.29, 1.82) is 0 Å². The normalized spacial score (nSPS) is 19.5. The summed E-state index contributed by atoms with van der Waals surface area (Å²) in [4.78, 5) is 132. The van der Waals surface area contributed by atoms with E-state index in [9.17, 15) is 48.6 Å². The van der Waals surface area contributed by atoms with Gasteiger partial charge in [-0.25, -0.2) is 14.4 Å². The molecule has 4 aromatic rings. The highest BCUT2D eigenvalue weighted by Crippen LogP contribution is 2.41. The number of benzene rings is 2. The molecule has 4 N–H and O–H groups in total. The highest BCUT2D eigenvalue weighted by molar-refractivity contribution is 8.01. The number of nitrogens with one attached hydrogen (secondary N) is 2. The Morgan fingerprint density at radius 1 is 0.593 bits per heavy atom. The molecule has 4 aliphatic heterocycles. The number of rotatable bonds is 24. The van der Waals surface area contributed by atoms with Crippen LogP contribution in [0.5, 0.6) is 17.2 Å². The number of hydrogen-bond acceptors (Lipinski definition) is 18. The molecule has 86 heavy (non-hydrogen) atoms. The zero-order valence-corrected chi connectivity index (χ0v) is 50.9. The Bertz CT molecular complexity index is 3020. The number of thioether (sulfide) groups is 2. The summed E-state index contributed by atoms with van der Waals surface area (Å²) >= 11 is 3.03. The van der Waals surface area contributed by atoms with Gasteiger partial charge < -0.3 is 59.6 Å². The minimum atomic E-state index is -1.25. The summed E-state index contributed by atoms with van der Waals surface area (Å²) in [5.74, 6) is -1.75. The Morgan fingerprint density at radius 3 is 1.48 bits per heavy atom. The SMILES string of the molecule is CC(C)(CCC(=O)N1CCN(C(=O)Cc2ccc(C[C@H](NC(=O)[C@H]3N(Oc4cccnc4)CSC3(C)C)C(=O)O)cc2)CC1)COCC(=O)N1CCN(C(=O)Oc2ccc(C[C@H](NC(=O)[C@H]3N(Oc4cccnc4)CSC3(C)C)C(=O)O)cc2)CC1. The lowest BCUT2D eigenvalue weighted by Crippen LogP contribution is -2.56. The molecular formula is C60H76N10O14S2. The molecule has 2 aromatic heterocycles. The van der Waals surface area contributed by atoms with Gasteiger partial charge in [0.25, 0.3) is 0 Å². The second-order valence-corrected chi connectivity index (χ2v) is 26.6. The van der Waals surface area contributed by atoms with E-state index >= 15 is 0 Å². The van der Waals surface area contributed by atoms with Crippen molar-refractivity contribution < 1.29 is 67.7 Å². The number of carbonyl (C=O) groups excluding carboxylic acids is 6. The predicted molar refractivity (Wildman–Crippen MR) is 318 cm³/mol. The molecule has 4 atom stereocenters. The zero-order valence-electron chi connectivity index (χ0n) is 49.3. The minimum Gasteiger partial charge on any atom is -0.480 e. The van der Waals surface area contributed by atoms with Crippen LogP contribution < -0.4 is 25.0 Å². The number of carboxylic acids is 2. The first-order valence-corrected chi connectivity index (χ1v) is 30.5. The third-order valence-electron chi connectivity index (χ3n) is 15.5. The van der Waals surface area contributed by atoms with E-state index < -0.39 is 68.9 Å². The number of ether oxygens (including phenoxy) is 2. The van der Waals surface area contributed by atoms with E-state index in [1.54, 1.807) is 105 Å². The Labute approximate surface area is 508 Å². The standard InChI is InChI=1S/C60H76N10O14S2/c1-58(2,20-19-48(71)65-23-25-66(26-24-65)49(72)33-42-13-11-40(12-14-42)31-46(55(76)77)63-53(74)51-59(3,4)85-38-69(51)83-44-9-7-21-61-34-44)37-81-36-50(73)67-27-29-68(30-28-67)57(80)82-43-17-15-41(16-18-43)32-47(56(78)79)64-54(75)52-60(5,6)86-39-70(52)84-45-10-8-22-62-35-45/h7-18,21-22,34-35,46-47,51-52H,19-20,23-33,36-39H2,1-6H3,(H,63,74)(H,64,75)(H,76,77)(H,78,79)/t46-,47-,51+,52+/m0/s1. The van der Waals surface area contributed by atoms with E-state index in [1.807, 2.05) is 41.5 Å². The lowest BCUT2D eigenvalue weighted by molar-refractivity contribution is -0.148. The van der Waals surface area contributed by atoms with Crippen molar-refractivity contribution >= 4 is 71.1 Å². The number of hydroxylamine groups is 4. The number of piperazine rings is 2. The van der Waals surface area contributed by atoms with Gasteiger partial charge in [-0.1, -0.05) is 50.2 Å². The Kier molecular flexibility index (Phi) is 21.6. The fourth-order valence-electron chi connectivity index (χ4n) is 10.4. The maximum Gasteiger partial charge on any atom is 0.415 e. The fourth-order valence-corrected chi connectivity index (χ4v) is 12.5. The number of aliphatic carboxylic acids is 2. The third-order valence-corrected chi connectivity index (χ3v) is 18.2. The van der Waals surface area contributed by atoms with Gasteiger partial charge in [0.15, 0.2) is 11.5 Å². The first kappa shape index (κ1) is 64.5. The summed E-state index contributed by atoms with van der Waals surface area (Å²) in [6.07, 6.45) is 6.61. The first-order chi connectivity index (χ1) is 40.9. The van der Waals surface area contributed by atoms with Gasteiger partial charge in [-0.15, -0.1) is 33.7 Å². The molecule has 0 aliphatic carbocycles. The van der Waals surface area contributed by atoms with Gasteiger partial charge in [0.05, 0.1) is 37.2 Å². The number of pyridine rings is 2. The Morgan fingerprint density at radius 2 is 1.02 bits per heavy atom. The minimum absolute atomic E-state index is 0.0247. The molecule has 2 aromatic carbocycles. The molecule has 8 rings (SSSR count). The van der Waals surface area contributed by atoms with Crippen LogP contribution in [0.1, 0.15) is 71.1 Å². The molecule has 462 valence electrons. The predicted octanol–water partition coefficient (Wildman–Crippen LogP) is 4.37. The average Bonchev–Trinajstić information content (AvgIpc) is 2.03. The monoisotopic (exact) mass is 1220 g/mol. The lowest BCUT2D eigenvalue weighted by atomic mass is 9.88. The first-order valence-electron chi connectivity index (χ1n) is 28.5. The van der Waals surface area contributed by atoms with E-state index in [-0.39, 0.29) is 88.5 Å². The summed E-state index contributed by atoms with van der Waals surface area (Å²) in [5.41, 5.74) is 1.60. The quantitative estimate of drug-likeness (QED) is 0.0757. The smallest absolute Gasteiger partial charge is 0.415 e. The molecule has 0 spiro atoms. The number of amides is 6. The van der Waals surface area contributed by atoms with E-state index in [2.05, 4.69) is 20.6 Å². The molecule has 26 heteroatoms. The van der Waals surface area contributed by atoms with Crippen LogP contribution in [0.25, 0.3) is 0 Å². The van der Waals surface area contributed by atoms with Gasteiger partial charge in [0.1, 0.15) is 36.5 Å². The van der Waals surface area contributed by atoms with Crippen LogP contribution in [0.4, 0.5) is 4.79 Å². The van der Waals surface area contributed by atoms with Gasteiger partial charge in [0.2, 0.25) is 29.5 Å². The van der Waals surface area contributed by atoms with E-state index in [0.717, 1.165) is 5.56 Å². The Hall–Kier alpha value is -7.52.